The zero-order chi connectivity index (χ0) is 16.1. The molecule has 6 nitrogen and oxygen atoms in total. The van der Waals surface area contributed by atoms with E-state index in [1.165, 1.54) is 0 Å². The molecule has 1 aliphatic rings. The van der Waals surface area contributed by atoms with Crippen LogP contribution in [0.5, 0.6) is 0 Å². The first-order valence-electron chi connectivity index (χ1n) is 7.63. The summed E-state index contributed by atoms with van der Waals surface area (Å²) in [6, 6.07) is 10.9. The highest BCUT2D eigenvalue weighted by atomic mass is 16.5. The van der Waals surface area contributed by atoms with Gasteiger partial charge in [-0.25, -0.2) is 9.78 Å². The van der Waals surface area contributed by atoms with Crippen LogP contribution in [-0.2, 0) is 14.3 Å². The Hall–Kier alpha value is -2.47. The molecule has 0 bridgehead atoms. The second kappa shape index (κ2) is 7.19. The molecule has 0 aliphatic carbocycles. The predicted octanol–water partition coefficient (Wildman–Crippen LogP) is 1.69. The first kappa shape index (κ1) is 15.4. The summed E-state index contributed by atoms with van der Waals surface area (Å²) < 4.78 is 10.4. The number of carbonyl (C=O) groups excluding carboxylic acids is 2. The third-order valence-electron chi connectivity index (χ3n) is 3.69. The number of hydrogen-bond donors (Lipinski definition) is 1. The van der Waals surface area contributed by atoms with Crippen LogP contribution >= 0.6 is 0 Å². The third kappa shape index (κ3) is 4.04. The summed E-state index contributed by atoms with van der Waals surface area (Å²) in [5.74, 6) is -0.947. The number of rotatable bonds is 5. The maximum atomic E-state index is 12.0. The molecule has 1 N–H and O–H groups in total. The minimum atomic E-state index is -0.608. The van der Waals surface area contributed by atoms with E-state index in [4.69, 9.17) is 9.47 Å². The van der Waals surface area contributed by atoms with E-state index in [0.29, 0.717) is 12.1 Å². The molecule has 1 aromatic carbocycles. The smallest absolute Gasteiger partial charge is 0.357 e. The van der Waals surface area contributed by atoms with E-state index in [1.54, 1.807) is 12.1 Å². The number of aromatic nitrogens is 1. The van der Waals surface area contributed by atoms with Crippen LogP contribution in [0.4, 0.5) is 0 Å². The van der Waals surface area contributed by atoms with E-state index >= 15 is 0 Å². The Labute approximate surface area is 133 Å². The lowest BCUT2D eigenvalue weighted by Gasteiger charge is -2.10. The van der Waals surface area contributed by atoms with Gasteiger partial charge in [-0.3, -0.25) is 4.79 Å². The zero-order valence-electron chi connectivity index (χ0n) is 12.7. The lowest BCUT2D eigenvalue weighted by Crippen LogP contribution is -2.34. The van der Waals surface area contributed by atoms with Crippen molar-refractivity contribution >= 4 is 22.8 Å². The molecule has 1 aromatic heterocycles. The molecule has 120 valence electrons. The van der Waals surface area contributed by atoms with E-state index in [1.807, 2.05) is 24.3 Å². The molecule has 2 heterocycles. The number of ether oxygens (including phenoxy) is 2. The van der Waals surface area contributed by atoms with Crippen LogP contribution in [0.1, 0.15) is 23.3 Å². The van der Waals surface area contributed by atoms with Gasteiger partial charge in [0.05, 0.1) is 11.6 Å². The SMILES string of the molecule is O=C(COC(=O)c1ccc2ccccc2n1)NC[C@H]1CCCO1. The fraction of sp³-hybridized carbons (Fsp3) is 0.353. The van der Waals surface area contributed by atoms with E-state index in [0.717, 1.165) is 24.8 Å². The van der Waals surface area contributed by atoms with Crippen molar-refractivity contribution < 1.29 is 19.1 Å². The summed E-state index contributed by atoms with van der Waals surface area (Å²) in [4.78, 5) is 27.9. The van der Waals surface area contributed by atoms with Gasteiger partial charge in [0.1, 0.15) is 5.69 Å². The Kier molecular flexibility index (Phi) is 4.83. The lowest BCUT2D eigenvalue weighted by molar-refractivity contribution is -0.124. The first-order valence-corrected chi connectivity index (χ1v) is 7.63. The second-order valence-electron chi connectivity index (χ2n) is 5.40. The third-order valence-corrected chi connectivity index (χ3v) is 3.69. The highest BCUT2D eigenvalue weighted by Crippen LogP contribution is 2.12. The molecule has 6 heteroatoms. The molecule has 0 spiro atoms. The van der Waals surface area contributed by atoms with Crippen molar-refractivity contribution in [1.82, 2.24) is 10.3 Å². The number of amides is 1. The van der Waals surface area contributed by atoms with Crippen molar-refractivity contribution in [2.24, 2.45) is 0 Å². The summed E-state index contributed by atoms with van der Waals surface area (Å²) in [6.07, 6.45) is 2.03. The minimum absolute atomic E-state index is 0.0665. The monoisotopic (exact) mass is 314 g/mol. The van der Waals surface area contributed by atoms with Crippen molar-refractivity contribution in [2.45, 2.75) is 18.9 Å². The summed E-state index contributed by atoms with van der Waals surface area (Å²) in [5, 5.41) is 3.64. The van der Waals surface area contributed by atoms with E-state index in [9.17, 15) is 9.59 Å². The van der Waals surface area contributed by atoms with Gasteiger partial charge >= 0.3 is 5.97 Å². The number of fused-ring (bicyclic) bond motifs is 1. The fourth-order valence-electron chi connectivity index (χ4n) is 2.47. The van der Waals surface area contributed by atoms with E-state index < -0.39 is 5.97 Å². The van der Waals surface area contributed by atoms with Crippen LogP contribution in [0.3, 0.4) is 0 Å². The molecule has 0 radical (unpaired) electrons. The van der Waals surface area contributed by atoms with Crippen LogP contribution < -0.4 is 5.32 Å². The molecule has 3 rings (SSSR count). The number of carbonyl (C=O) groups is 2. The lowest BCUT2D eigenvalue weighted by atomic mass is 10.2. The molecule has 1 atom stereocenters. The van der Waals surface area contributed by atoms with Crippen molar-refractivity contribution in [3.05, 3.63) is 42.1 Å². The summed E-state index contributed by atoms with van der Waals surface area (Å²) in [5.41, 5.74) is 0.903. The average Bonchev–Trinajstić information content (AvgIpc) is 3.11. The molecule has 0 saturated carbocycles. The number of nitrogens with zero attached hydrogens (tertiary/aromatic N) is 1. The Balaban J connectivity index is 1.50. The van der Waals surface area contributed by atoms with Gasteiger partial charge in [-0.15, -0.1) is 0 Å². The molecular weight excluding hydrogens is 296 g/mol. The van der Waals surface area contributed by atoms with Crippen molar-refractivity contribution in [1.29, 1.82) is 0 Å². The standard InChI is InChI=1S/C17H18N2O4/c20-16(18-10-13-5-3-9-22-13)11-23-17(21)15-8-7-12-4-1-2-6-14(12)19-15/h1-2,4,6-8,13H,3,5,9-11H2,(H,18,20)/t13-/m1/s1. The van der Waals surface area contributed by atoms with Gasteiger partial charge in [0.2, 0.25) is 0 Å². The highest BCUT2D eigenvalue weighted by Gasteiger charge is 2.17. The maximum Gasteiger partial charge on any atom is 0.357 e. The predicted molar refractivity (Wildman–Crippen MR) is 84.0 cm³/mol. The largest absolute Gasteiger partial charge is 0.451 e. The highest BCUT2D eigenvalue weighted by molar-refractivity contribution is 5.92. The van der Waals surface area contributed by atoms with Crippen LogP contribution in [0.25, 0.3) is 10.9 Å². The van der Waals surface area contributed by atoms with Gasteiger partial charge in [-0.05, 0) is 25.0 Å². The summed E-state index contributed by atoms with van der Waals surface area (Å²) >= 11 is 0. The second-order valence-corrected chi connectivity index (χ2v) is 5.40. The number of nitrogens with one attached hydrogen (secondary N) is 1. The summed E-state index contributed by atoms with van der Waals surface area (Å²) in [6.45, 7) is 0.869. The fourth-order valence-corrected chi connectivity index (χ4v) is 2.47. The van der Waals surface area contributed by atoms with Crippen LogP contribution in [-0.4, -0.2) is 42.7 Å². The molecule has 0 unspecified atom stereocenters. The van der Waals surface area contributed by atoms with Gasteiger partial charge in [-0.2, -0.15) is 0 Å². The minimum Gasteiger partial charge on any atom is -0.451 e. The van der Waals surface area contributed by atoms with E-state index in [-0.39, 0.29) is 24.3 Å². The van der Waals surface area contributed by atoms with Crippen LogP contribution in [0.2, 0.25) is 0 Å². The molecule has 1 fully saturated rings. The Morgan fingerprint density at radius 1 is 1.26 bits per heavy atom. The molecular formula is C17H18N2O4. The van der Waals surface area contributed by atoms with Crippen LogP contribution in [0, 0.1) is 0 Å². The quantitative estimate of drug-likeness (QED) is 0.850. The maximum absolute atomic E-state index is 12.0. The average molecular weight is 314 g/mol. The Bertz CT molecular complexity index is 711. The van der Waals surface area contributed by atoms with Crippen molar-refractivity contribution in [3.8, 4) is 0 Å². The van der Waals surface area contributed by atoms with Crippen LogP contribution in [0.15, 0.2) is 36.4 Å². The van der Waals surface area contributed by atoms with Gasteiger partial charge in [0, 0.05) is 18.5 Å². The number of hydrogen-bond acceptors (Lipinski definition) is 5. The van der Waals surface area contributed by atoms with Crippen molar-refractivity contribution in [2.75, 3.05) is 19.8 Å². The van der Waals surface area contributed by atoms with Gasteiger partial charge < -0.3 is 14.8 Å². The molecule has 1 amide bonds. The number of esters is 1. The number of benzene rings is 1. The topological polar surface area (TPSA) is 77.5 Å². The van der Waals surface area contributed by atoms with Gasteiger partial charge in [-0.1, -0.05) is 24.3 Å². The first-order chi connectivity index (χ1) is 11.2. The molecule has 1 saturated heterocycles. The number of pyridine rings is 1. The van der Waals surface area contributed by atoms with Crippen molar-refractivity contribution in [3.63, 3.8) is 0 Å². The van der Waals surface area contributed by atoms with Gasteiger partial charge in [0.25, 0.3) is 5.91 Å². The Morgan fingerprint density at radius 2 is 2.13 bits per heavy atom. The summed E-state index contributed by atoms with van der Waals surface area (Å²) in [7, 11) is 0. The van der Waals surface area contributed by atoms with Gasteiger partial charge in [0.15, 0.2) is 6.61 Å². The normalized spacial score (nSPS) is 17.1. The molecule has 2 aromatic rings. The Morgan fingerprint density at radius 3 is 2.96 bits per heavy atom. The zero-order valence-corrected chi connectivity index (χ0v) is 12.7. The van der Waals surface area contributed by atoms with E-state index in [2.05, 4.69) is 10.3 Å². The molecule has 23 heavy (non-hydrogen) atoms. The number of para-hydroxylation sites is 1. The molecule has 1 aliphatic heterocycles.